The summed E-state index contributed by atoms with van der Waals surface area (Å²) in [5.41, 5.74) is 4.02. The Morgan fingerprint density at radius 3 is 2.36 bits per heavy atom. The number of fused-ring (bicyclic) bond motifs is 3. The monoisotopic (exact) mass is 480 g/mol. The van der Waals surface area contributed by atoms with E-state index in [0.717, 1.165) is 48.3 Å². The highest BCUT2D eigenvalue weighted by molar-refractivity contribution is 6.01. The molecule has 9 heteroatoms. The Morgan fingerprint density at radius 1 is 0.917 bits per heavy atom. The van der Waals surface area contributed by atoms with Crippen LogP contribution in [0.15, 0.2) is 72.8 Å². The molecule has 36 heavy (non-hydrogen) atoms. The third kappa shape index (κ3) is 3.99. The van der Waals surface area contributed by atoms with Crippen LogP contribution >= 0.6 is 0 Å². The van der Waals surface area contributed by atoms with Crippen LogP contribution in [0.25, 0.3) is 27.8 Å². The van der Waals surface area contributed by atoms with Gasteiger partial charge < -0.3 is 19.7 Å². The Kier molecular flexibility index (Phi) is 5.67. The van der Waals surface area contributed by atoms with Gasteiger partial charge in [-0.3, -0.25) is 0 Å². The number of anilines is 3. The first kappa shape index (κ1) is 22.0. The molecule has 3 heterocycles. The maximum Gasteiger partial charge on any atom is 0.337 e. The molecule has 1 fully saturated rings. The second-order valence-corrected chi connectivity index (χ2v) is 8.49. The van der Waals surface area contributed by atoms with Crippen LogP contribution in [0.5, 0.6) is 0 Å². The Morgan fingerprint density at radius 2 is 1.64 bits per heavy atom. The van der Waals surface area contributed by atoms with Gasteiger partial charge in [-0.1, -0.05) is 36.4 Å². The molecule has 0 saturated carbocycles. The molecule has 0 bridgehead atoms. The molecule has 9 nitrogen and oxygen atoms in total. The molecule has 0 radical (unpaired) electrons. The minimum atomic E-state index is -0.386. The molecule has 1 saturated heterocycles. The standard InChI is InChI=1S/C27H24N6O3/c1-35-27(34)19-8-6-18(7-9-19)25-29-30-26-23-5-3-2-4-22(23)24(31-33(25)26)28-20-10-12-21(13-11-20)32-14-16-36-17-15-32/h2-13H,14-17H2,1H3,(H,28,31). The van der Waals surface area contributed by atoms with Crippen LogP contribution < -0.4 is 10.2 Å². The Balaban J connectivity index is 1.38. The highest BCUT2D eigenvalue weighted by atomic mass is 16.5. The van der Waals surface area contributed by atoms with Crippen molar-refractivity contribution in [2.75, 3.05) is 43.6 Å². The number of ether oxygens (including phenoxy) is 2. The number of aromatic nitrogens is 4. The molecule has 0 aliphatic carbocycles. The average molecular weight is 481 g/mol. The molecule has 0 spiro atoms. The zero-order valence-electron chi connectivity index (χ0n) is 19.7. The number of nitrogens with one attached hydrogen (secondary N) is 1. The first-order chi connectivity index (χ1) is 17.7. The van der Waals surface area contributed by atoms with Gasteiger partial charge in [0, 0.05) is 40.8 Å². The average Bonchev–Trinajstić information content (AvgIpc) is 3.38. The van der Waals surface area contributed by atoms with Crippen LogP contribution in [-0.2, 0) is 9.47 Å². The molecule has 0 unspecified atom stereocenters. The number of hydrogen-bond donors (Lipinski definition) is 1. The molecular weight excluding hydrogens is 456 g/mol. The van der Waals surface area contributed by atoms with E-state index in [-0.39, 0.29) is 5.97 Å². The summed E-state index contributed by atoms with van der Waals surface area (Å²) >= 11 is 0. The van der Waals surface area contributed by atoms with Gasteiger partial charge >= 0.3 is 5.97 Å². The predicted octanol–water partition coefficient (Wildman–Crippen LogP) is 4.31. The van der Waals surface area contributed by atoms with E-state index >= 15 is 0 Å². The van der Waals surface area contributed by atoms with Gasteiger partial charge in [0.15, 0.2) is 17.3 Å². The van der Waals surface area contributed by atoms with Crippen molar-refractivity contribution in [2.45, 2.75) is 0 Å². The number of methoxy groups -OCH3 is 1. The lowest BCUT2D eigenvalue weighted by molar-refractivity contribution is 0.0600. The van der Waals surface area contributed by atoms with Crippen molar-refractivity contribution in [1.29, 1.82) is 0 Å². The van der Waals surface area contributed by atoms with Gasteiger partial charge in [0.2, 0.25) is 0 Å². The smallest absolute Gasteiger partial charge is 0.337 e. The molecule has 3 aromatic carbocycles. The fraction of sp³-hybridized carbons (Fsp3) is 0.185. The second-order valence-electron chi connectivity index (χ2n) is 8.49. The van der Waals surface area contributed by atoms with E-state index < -0.39 is 0 Å². The summed E-state index contributed by atoms with van der Waals surface area (Å²) in [6.45, 7) is 3.30. The largest absolute Gasteiger partial charge is 0.465 e. The number of esters is 1. The van der Waals surface area contributed by atoms with Gasteiger partial charge in [-0.05, 0) is 36.4 Å². The number of morpholine rings is 1. The molecule has 5 aromatic rings. The predicted molar refractivity (Wildman–Crippen MR) is 138 cm³/mol. The van der Waals surface area contributed by atoms with Gasteiger partial charge in [0.25, 0.3) is 0 Å². The zero-order chi connectivity index (χ0) is 24.5. The molecule has 0 amide bonds. The van der Waals surface area contributed by atoms with Crippen molar-refractivity contribution >= 4 is 39.6 Å². The molecular formula is C27H24N6O3. The molecule has 180 valence electrons. The number of carbonyl (C=O) groups excluding carboxylic acids is 1. The van der Waals surface area contributed by atoms with Crippen LogP contribution in [0.3, 0.4) is 0 Å². The maximum atomic E-state index is 11.8. The summed E-state index contributed by atoms with van der Waals surface area (Å²) in [5.74, 6) is 0.894. The fourth-order valence-electron chi connectivity index (χ4n) is 4.44. The lowest BCUT2D eigenvalue weighted by Gasteiger charge is -2.28. The molecule has 2 aromatic heterocycles. The van der Waals surface area contributed by atoms with Crippen LogP contribution in [-0.4, -0.2) is 59.2 Å². The number of hydrogen-bond acceptors (Lipinski definition) is 8. The molecule has 6 rings (SSSR count). The summed E-state index contributed by atoms with van der Waals surface area (Å²) in [5, 5.41) is 19.1. The first-order valence-electron chi connectivity index (χ1n) is 11.7. The van der Waals surface area contributed by atoms with Crippen molar-refractivity contribution in [3.63, 3.8) is 0 Å². The normalized spacial score (nSPS) is 13.8. The van der Waals surface area contributed by atoms with Gasteiger partial charge in [0.1, 0.15) is 0 Å². The van der Waals surface area contributed by atoms with Crippen LogP contribution in [0, 0.1) is 0 Å². The summed E-state index contributed by atoms with van der Waals surface area (Å²) < 4.78 is 12.0. The first-order valence-corrected chi connectivity index (χ1v) is 11.7. The molecule has 1 aliphatic rings. The summed E-state index contributed by atoms with van der Waals surface area (Å²) in [7, 11) is 1.36. The van der Waals surface area contributed by atoms with Gasteiger partial charge in [-0.15, -0.1) is 15.3 Å². The van der Waals surface area contributed by atoms with Crippen molar-refractivity contribution in [2.24, 2.45) is 0 Å². The van der Waals surface area contributed by atoms with Gasteiger partial charge in [0.05, 0.1) is 25.9 Å². The molecule has 1 N–H and O–H groups in total. The number of nitrogens with zero attached hydrogens (tertiary/aromatic N) is 5. The fourth-order valence-corrected chi connectivity index (χ4v) is 4.44. The van der Waals surface area contributed by atoms with Crippen LogP contribution in [0.1, 0.15) is 10.4 Å². The van der Waals surface area contributed by atoms with Crippen LogP contribution in [0.2, 0.25) is 0 Å². The zero-order valence-corrected chi connectivity index (χ0v) is 19.7. The Bertz CT molecular complexity index is 1540. The highest BCUT2D eigenvalue weighted by Gasteiger charge is 2.17. The lowest BCUT2D eigenvalue weighted by Crippen LogP contribution is -2.36. The van der Waals surface area contributed by atoms with E-state index in [4.69, 9.17) is 14.6 Å². The maximum absolute atomic E-state index is 11.8. The van der Waals surface area contributed by atoms with E-state index in [0.29, 0.717) is 22.9 Å². The van der Waals surface area contributed by atoms with Crippen LogP contribution in [0.4, 0.5) is 17.2 Å². The van der Waals surface area contributed by atoms with Crippen molar-refractivity contribution in [1.82, 2.24) is 19.8 Å². The van der Waals surface area contributed by atoms with E-state index in [1.54, 1.807) is 16.6 Å². The summed E-state index contributed by atoms with van der Waals surface area (Å²) in [4.78, 5) is 14.1. The Hall–Kier alpha value is -4.50. The minimum absolute atomic E-state index is 0.386. The van der Waals surface area contributed by atoms with Crippen molar-refractivity contribution in [3.8, 4) is 11.4 Å². The summed E-state index contributed by atoms with van der Waals surface area (Å²) in [6, 6.07) is 23.4. The van der Waals surface area contributed by atoms with Gasteiger partial charge in [-0.25, -0.2) is 4.79 Å². The molecule has 1 aliphatic heterocycles. The van der Waals surface area contributed by atoms with Crippen molar-refractivity contribution in [3.05, 3.63) is 78.4 Å². The van der Waals surface area contributed by atoms with Crippen molar-refractivity contribution < 1.29 is 14.3 Å². The number of rotatable bonds is 5. The minimum Gasteiger partial charge on any atom is -0.465 e. The van der Waals surface area contributed by atoms with Gasteiger partial charge in [-0.2, -0.15) is 4.52 Å². The van der Waals surface area contributed by atoms with E-state index in [1.165, 1.54) is 12.8 Å². The topological polar surface area (TPSA) is 93.9 Å². The summed E-state index contributed by atoms with van der Waals surface area (Å²) in [6.07, 6.45) is 0. The third-order valence-electron chi connectivity index (χ3n) is 6.33. The quantitative estimate of drug-likeness (QED) is 0.372. The van der Waals surface area contributed by atoms with E-state index in [9.17, 15) is 4.79 Å². The van der Waals surface area contributed by atoms with E-state index in [1.807, 2.05) is 36.4 Å². The number of benzene rings is 3. The third-order valence-corrected chi connectivity index (χ3v) is 6.33. The van der Waals surface area contributed by atoms with E-state index in [2.05, 4.69) is 44.7 Å². The highest BCUT2D eigenvalue weighted by Crippen LogP contribution is 2.30. The Labute approximate surface area is 207 Å². The number of carbonyl (C=O) groups is 1. The lowest BCUT2D eigenvalue weighted by atomic mass is 10.1. The second kappa shape index (κ2) is 9.27. The SMILES string of the molecule is COC(=O)c1ccc(-c2nnc3c4ccccc4c(Nc4ccc(N5CCOCC5)cc4)nn23)cc1. The molecule has 0 atom stereocenters.